The van der Waals surface area contributed by atoms with Gasteiger partial charge in [0.2, 0.25) is 11.8 Å². The molecule has 0 aliphatic carbocycles. The summed E-state index contributed by atoms with van der Waals surface area (Å²) in [5.74, 6) is 0.516. The molecule has 0 saturated carbocycles. The van der Waals surface area contributed by atoms with Crippen molar-refractivity contribution in [1.82, 2.24) is 24.7 Å². The van der Waals surface area contributed by atoms with Crippen LogP contribution in [0.5, 0.6) is 0 Å². The van der Waals surface area contributed by atoms with E-state index < -0.39 is 0 Å². The molecule has 3 N–H and O–H groups in total. The van der Waals surface area contributed by atoms with Crippen LogP contribution in [0.4, 0.5) is 0 Å². The average Bonchev–Trinajstić information content (AvgIpc) is 3.01. The van der Waals surface area contributed by atoms with E-state index in [0.29, 0.717) is 19.6 Å². The molecule has 0 bridgehead atoms. The monoisotopic (exact) mass is 370 g/mol. The zero-order chi connectivity index (χ0) is 17.1. The first-order valence-corrected chi connectivity index (χ1v) is 8.55. The average molecular weight is 371 g/mol. The molecule has 8 nitrogen and oxygen atoms in total. The quantitative estimate of drug-likeness (QED) is 0.745. The maximum Gasteiger partial charge on any atom is 0.236 e. The number of nitrogens with two attached hydrogens (primary N) is 1. The molecule has 2 aliphatic heterocycles. The molecule has 0 radical (unpaired) electrons. The lowest BCUT2D eigenvalue weighted by Crippen LogP contribution is -2.52. The summed E-state index contributed by atoms with van der Waals surface area (Å²) < 4.78 is 2.00. The molecular formula is C16H27ClN6O2. The van der Waals surface area contributed by atoms with E-state index in [1.807, 2.05) is 17.8 Å². The number of aryl methyl sites for hydroxylation is 1. The van der Waals surface area contributed by atoms with Crippen molar-refractivity contribution in [2.75, 3.05) is 39.3 Å². The number of carbonyl (C=O) groups is 2. The van der Waals surface area contributed by atoms with Gasteiger partial charge in [-0.2, -0.15) is 0 Å². The number of carbonyl (C=O) groups excluding carboxylic acids is 2. The highest BCUT2D eigenvalue weighted by molar-refractivity contribution is 5.85. The summed E-state index contributed by atoms with van der Waals surface area (Å²) in [6.07, 6.45) is 5.32. The Balaban J connectivity index is 0.00000225. The number of nitrogens with zero attached hydrogens (tertiary/aromatic N) is 4. The van der Waals surface area contributed by atoms with E-state index in [9.17, 15) is 9.59 Å². The smallest absolute Gasteiger partial charge is 0.236 e. The lowest BCUT2D eigenvalue weighted by Gasteiger charge is -2.38. The lowest BCUT2D eigenvalue weighted by molar-refractivity contribution is -0.136. The molecule has 140 valence electrons. The highest BCUT2D eigenvalue weighted by atomic mass is 35.5. The first kappa shape index (κ1) is 19.7. The van der Waals surface area contributed by atoms with Crippen LogP contribution in [-0.4, -0.2) is 70.4 Å². The van der Waals surface area contributed by atoms with E-state index in [1.165, 1.54) is 0 Å². The summed E-state index contributed by atoms with van der Waals surface area (Å²) in [5, 5.41) is 3.37. The predicted molar refractivity (Wildman–Crippen MR) is 96.1 cm³/mol. The molecule has 2 aliphatic rings. The number of piperidine rings is 1. The van der Waals surface area contributed by atoms with Gasteiger partial charge in [0.15, 0.2) is 0 Å². The molecule has 2 saturated heterocycles. The molecule has 25 heavy (non-hydrogen) atoms. The summed E-state index contributed by atoms with van der Waals surface area (Å²) in [7, 11) is 1.97. The van der Waals surface area contributed by atoms with Crippen molar-refractivity contribution in [2.24, 2.45) is 18.7 Å². The van der Waals surface area contributed by atoms with E-state index >= 15 is 0 Å². The van der Waals surface area contributed by atoms with Crippen LogP contribution in [0, 0.1) is 5.92 Å². The van der Waals surface area contributed by atoms with Crippen LogP contribution < -0.4 is 11.1 Å². The fourth-order valence-corrected chi connectivity index (χ4v) is 3.60. The lowest BCUT2D eigenvalue weighted by atomic mass is 9.97. The second-order valence-electron chi connectivity index (χ2n) is 6.67. The van der Waals surface area contributed by atoms with Gasteiger partial charge in [0.05, 0.1) is 18.5 Å². The first-order valence-electron chi connectivity index (χ1n) is 8.55. The number of primary amides is 1. The third kappa shape index (κ3) is 4.50. The maximum atomic E-state index is 12.7. The summed E-state index contributed by atoms with van der Waals surface area (Å²) >= 11 is 0. The Kier molecular flexibility index (Phi) is 6.80. The molecule has 0 aromatic carbocycles. The fraction of sp³-hybridized carbons (Fsp3) is 0.688. The van der Waals surface area contributed by atoms with Gasteiger partial charge in [-0.1, -0.05) is 0 Å². The van der Waals surface area contributed by atoms with Crippen LogP contribution in [0.3, 0.4) is 0 Å². The van der Waals surface area contributed by atoms with Crippen molar-refractivity contribution in [2.45, 2.75) is 18.9 Å². The number of imidazole rings is 1. The zero-order valence-corrected chi connectivity index (χ0v) is 15.4. The number of aromatic nitrogens is 2. The molecule has 1 aromatic rings. The molecular weight excluding hydrogens is 344 g/mol. The number of halogens is 1. The largest absolute Gasteiger partial charge is 0.369 e. The van der Waals surface area contributed by atoms with Crippen LogP contribution in [-0.2, 0) is 16.6 Å². The molecule has 1 aromatic heterocycles. The predicted octanol–water partition coefficient (Wildman–Crippen LogP) is -0.488. The number of nitrogens with one attached hydrogen (secondary N) is 1. The Morgan fingerprint density at radius 2 is 2.20 bits per heavy atom. The number of piperazine rings is 1. The van der Waals surface area contributed by atoms with Crippen molar-refractivity contribution in [3.05, 3.63) is 18.2 Å². The molecule has 3 rings (SSSR count). The van der Waals surface area contributed by atoms with E-state index in [1.54, 1.807) is 11.1 Å². The number of rotatable bonds is 4. The van der Waals surface area contributed by atoms with E-state index in [2.05, 4.69) is 15.2 Å². The minimum Gasteiger partial charge on any atom is -0.369 e. The van der Waals surface area contributed by atoms with Gasteiger partial charge in [-0.3, -0.25) is 14.5 Å². The Morgan fingerprint density at radius 1 is 1.40 bits per heavy atom. The third-order valence-corrected chi connectivity index (χ3v) is 5.03. The first-order chi connectivity index (χ1) is 11.6. The van der Waals surface area contributed by atoms with Crippen LogP contribution in [0.25, 0.3) is 0 Å². The van der Waals surface area contributed by atoms with Crippen LogP contribution >= 0.6 is 12.4 Å². The van der Waals surface area contributed by atoms with Crippen molar-refractivity contribution in [3.8, 4) is 0 Å². The highest BCUT2D eigenvalue weighted by Gasteiger charge is 2.32. The standard InChI is InChI=1S/C16H26N6O2.ClH/c1-20-7-5-19-16(20)13-9-18-4-8-21(13)11-14(23)22-6-2-3-12(10-22)15(17)24;/h5,7,12-13,18H,2-4,6,8-11H2,1H3,(H2,17,24);1H. The van der Waals surface area contributed by atoms with Crippen LogP contribution in [0.2, 0.25) is 0 Å². The molecule has 2 atom stereocenters. The Bertz CT molecular complexity index is 607. The second-order valence-corrected chi connectivity index (χ2v) is 6.67. The fourth-order valence-electron chi connectivity index (χ4n) is 3.60. The molecule has 2 amide bonds. The SMILES string of the molecule is Cl.Cn1ccnc1C1CNCCN1CC(=O)N1CCCC(C(N)=O)C1. The summed E-state index contributed by atoms with van der Waals surface area (Å²) in [6.45, 7) is 3.95. The maximum absolute atomic E-state index is 12.7. The van der Waals surface area contributed by atoms with Gasteiger partial charge in [0.1, 0.15) is 5.82 Å². The van der Waals surface area contributed by atoms with Crippen molar-refractivity contribution in [1.29, 1.82) is 0 Å². The van der Waals surface area contributed by atoms with Crippen LogP contribution in [0.1, 0.15) is 24.7 Å². The van der Waals surface area contributed by atoms with Gasteiger partial charge in [-0.15, -0.1) is 12.4 Å². The zero-order valence-electron chi connectivity index (χ0n) is 14.6. The van der Waals surface area contributed by atoms with E-state index in [4.69, 9.17) is 5.73 Å². The molecule has 2 fully saturated rings. The highest BCUT2D eigenvalue weighted by Crippen LogP contribution is 2.21. The molecule has 2 unspecified atom stereocenters. The van der Waals surface area contributed by atoms with Crippen molar-refractivity contribution >= 4 is 24.2 Å². The van der Waals surface area contributed by atoms with Gasteiger partial charge < -0.3 is 20.5 Å². The number of hydrogen-bond acceptors (Lipinski definition) is 5. The number of likely N-dealkylation sites (tertiary alicyclic amines) is 1. The topological polar surface area (TPSA) is 96.5 Å². The van der Waals surface area contributed by atoms with Gasteiger partial charge in [0, 0.05) is 52.2 Å². The number of hydrogen-bond donors (Lipinski definition) is 2. The third-order valence-electron chi connectivity index (χ3n) is 5.03. The normalized spacial score (nSPS) is 24.6. The Hall–Kier alpha value is -1.64. The van der Waals surface area contributed by atoms with Gasteiger partial charge in [-0.25, -0.2) is 4.98 Å². The summed E-state index contributed by atoms with van der Waals surface area (Å²) in [4.78, 5) is 32.5. The minimum absolute atomic E-state index is 0. The van der Waals surface area contributed by atoms with E-state index in [0.717, 1.165) is 38.3 Å². The summed E-state index contributed by atoms with van der Waals surface area (Å²) in [6, 6.07) is 0.0828. The molecule has 0 spiro atoms. The van der Waals surface area contributed by atoms with Crippen molar-refractivity contribution < 1.29 is 9.59 Å². The Morgan fingerprint density at radius 3 is 2.88 bits per heavy atom. The van der Waals surface area contributed by atoms with E-state index in [-0.39, 0.29) is 36.2 Å². The van der Waals surface area contributed by atoms with Crippen LogP contribution in [0.15, 0.2) is 12.4 Å². The second kappa shape index (κ2) is 8.64. The van der Waals surface area contributed by atoms with Gasteiger partial charge in [-0.05, 0) is 12.8 Å². The minimum atomic E-state index is -0.305. The van der Waals surface area contributed by atoms with Gasteiger partial charge in [0.25, 0.3) is 0 Å². The van der Waals surface area contributed by atoms with Gasteiger partial charge >= 0.3 is 0 Å². The molecule has 9 heteroatoms. The number of amides is 2. The molecule has 3 heterocycles. The van der Waals surface area contributed by atoms with Crippen molar-refractivity contribution in [3.63, 3.8) is 0 Å². The summed E-state index contributed by atoms with van der Waals surface area (Å²) in [5.41, 5.74) is 5.41. The Labute approximate surface area is 154 Å².